The topological polar surface area (TPSA) is 72.0 Å². The van der Waals surface area contributed by atoms with Gasteiger partial charge in [0.25, 0.3) is 0 Å². The summed E-state index contributed by atoms with van der Waals surface area (Å²) in [5.41, 5.74) is 1.24. The van der Waals surface area contributed by atoms with Crippen LogP contribution in [0.25, 0.3) is 11.3 Å². The molecule has 140 valence electrons. The summed E-state index contributed by atoms with van der Waals surface area (Å²) in [6.07, 6.45) is 0.279. The van der Waals surface area contributed by atoms with Gasteiger partial charge in [-0.2, -0.15) is 13.2 Å². The fraction of sp³-hybridized carbons (Fsp3) is 0.111. The van der Waals surface area contributed by atoms with Gasteiger partial charge in [0.1, 0.15) is 0 Å². The monoisotopic (exact) mass is 393 g/mol. The molecule has 5 nitrogen and oxygen atoms in total. The molecule has 0 bridgehead atoms. The third-order valence-corrected chi connectivity index (χ3v) is 5.18. The zero-order chi connectivity index (χ0) is 19.5. The van der Waals surface area contributed by atoms with Crippen molar-refractivity contribution in [1.29, 1.82) is 0 Å². The molecule has 1 N–H and O–H groups in total. The third-order valence-electron chi connectivity index (χ3n) is 3.76. The van der Waals surface area contributed by atoms with Gasteiger partial charge in [-0.1, -0.05) is 0 Å². The Morgan fingerprint density at radius 3 is 2.22 bits per heavy atom. The van der Waals surface area contributed by atoms with Gasteiger partial charge >= 0.3 is 6.18 Å². The summed E-state index contributed by atoms with van der Waals surface area (Å²) in [5.74, 6) is 0. The Bertz CT molecular complexity index is 1020. The van der Waals surface area contributed by atoms with E-state index in [0.717, 1.165) is 29.8 Å². The normalized spacial score (nSPS) is 12.1. The van der Waals surface area contributed by atoms with Crippen molar-refractivity contribution in [3.8, 4) is 11.3 Å². The molecule has 3 rings (SSSR count). The van der Waals surface area contributed by atoms with Gasteiger partial charge in [0.05, 0.1) is 16.2 Å². The average molecular weight is 393 g/mol. The van der Waals surface area contributed by atoms with Crippen LogP contribution in [0.3, 0.4) is 0 Å². The van der Waals surface area contributed by atoms with Crippen molar-refractivity contribution >= 4 is 10.0 Å². The minimum atomic E-state index is -4.52. The Labute approximate surface area is 154 Å². The number of benzene rings is 1. The number of alkyl halides is 3. The molecule has 9 heteroatoms. The number of hydrogen-bond donors (Lipinski definition) is 1. The van der Waals surface area contributed by atoms with E-state index in [-0.39, 0.29) is 11.4 Å². The quantitative estimate of drug-likeness (QED) is 0.718. The Hall–Kier alpha value is -2.78. The molecule has 0 saturated carbocycles. The van der Waals surface area contributed by atoms with Crippen LogP contribution in [0.5, 0.6) is 0 Å². The number of hydrogen-bond acceptors (Lipinski definition) is 4. The lowest BCUT2D eigenvalue weighted by Gasteiger charge is -2.10. The van der Waals surface area contributed by atoms with Gasteiger partial charge < -0.3 is 0 Å². The van der Waals surface area contributed by atoms with Gasteiger partial charge in [0, 0.05) is 30.7 Å². The van der Waals surface area contributed by atoms with Crippen LogP contribution in [0.4, 0.5) is 13.2 Å². The summed E-state index contributed by atoms with van der Waals surface area (Å²) >= 11 is 0. The first kappa shape index (κ1) is 19.0. The van der Waals surface area contributed by atoms with Crippen molar-refractivity contribution in [3.05, 3.63) is 78.2 Å². The molecule has 0 saturated heterocycles. The van der Waals surface area contributed by atoms with Crippen molar-refractivity contribution < 1.29 is 21.6 Å². The van der Waals surface area contributed by atoms with E-state index in [1.165, 1.54) is 0 Å². The van der Waals surface area contributed by atoms with Crippen LogP contribution in [0.2, 0.25) is 0 Å². The third kappa shape index (κ3) is 4.69. The Kier molecular flexibility index (Phi) is 5.24. The first-order valence-electron chi connectivity index (χ1n) is 7.78. The lowest BCUT2D eigenvalue weighted by Crippen LogP contribution is -2.23. The van der Waals surface area contributed by atoms with Crippen LogP contribution in [-0.2, 0) is 22.7 Å². The van der Waals surface area contributed by atoms with Gasteiger partial charge in [-0.3, -0.25) is 9.97 Å². The van der Waals surface area contributed by atoms with E-state index < -0.39 is 21.8 Å². The molecular formula is C18H14F3N3O2S. The second-order valence-corrected chi connectivity index (χ2v) is 7.40. The maximum absolute atomic E-state index is 12.6. The molecule has 27 heavy (non-hydrogen) atoms. The molecule has 2 aromatic heterocycles. The highest BCUT2D eigenvalue weighted by Crippen LogP contribution is 2.29. The molecule has 0 aliphatic rings. The molecular weight excluding hydrogens is 379 g/mol. The Balaban J connectivity index is 1.74. The Morgan fingerprint density at radius 2 is 1.59 bits per heavy atom. The number of sulfonamides is 1. The highest BCUT2D eigenvalue weighted by Gasteiger charge is 2.30. The summed E-state index contributed by atoms with van der Waals surface area (Å²) in [7, 11) is -3.95. The van der Waals surface area contributed by atoms with E-state index in [9.17, 15) is 21.6 Å². The average Bonchev–Trinajstić information content (AvgIpc) is 2.67. The maximum atomic E-state index is 12.6. The molecule has 1 aromatic carbocycles. The largest absolute Gasteiger partial charge is 0.416 e. The predicted octanol–water partition coefficient (Wildman–Crippen LogP) is 3.64. The summed E-state index contributed by atoms with van der Waals surface area (Å²) in [5, 5.41) is 0. The zero-order valence-electron chi connectivity index (χ0n) is 13.8. The minimum absolute atomic E-state index is 0.0239. The standard InChI is InChI=1S/C18H14F3N3O2S/c19-18(20,21)15-1-3-16(4-2-15)27(25,26)24-12-13-5-10-23-17(11-13)14-6-8-22-9-7-14/h1-11,24H,12H2. The number of pyridine rings is 2. The number of halogens is 3. The van der Waals surface area contributed by atoms with Crippen molar-refractivity contribution in [2.45, 2.75) is 17.6 Å². The van der Waals surface area contributed by atoms with Crippen molar-refractivity contribution in [2.24, 2.45) is 0 Å². The molecule has 3 aromatic rings. The van der Waals surface area contributed by atoms with Crippen LogP contribution in [0.1, 0.15) is 11.1 Å². The van der Waals surface area contributed by atoms with Crippen molar-refractivity contribution in [2.75, 3.05) is 0 Å². The first-order chi connectivity index (χ1) is 12.8. The SMILES string of the molecule is O=S(=O)(NCc1ccnc(-c2ccncc2)c1)c1ccc(C(F)(F)F)cc1. The van der Waals surface area contributed by atoms with Gasteiger partial charge in [-0.15, -0.1) is 0 Å². The molecule has 0 unspecified atom stereocenters. The van der Waals surface area contributed by atoms with Gasteiger partial charge in [-0.05, 0) is 54.1 Å². The van der Waals surface area contributed by atoms with E-state index >= 15 is 0 Å². The molecule has 0 aliphatic heterocycles. The molecule has 0 spiro atoms. The Morgan fingerprint density at radius 1 is 0.926 bits per heavy atom. The van der Waals surface area contributed by atoms with E-state index in [0.29, 0.717) is 11.3 Å². The van der Waals surface area contributed by atoms with E-state index in [1.807, 2.05) is 0 Å². The van der Waals surface area contributed by atoms with Gasteiger partial charge in [0.2, 0.25) is 10.0 Å². The number of nitrogens with zero attached hydrogens (tertiary/aromatic N) is 2. The lowest BCUT2D eigenvalue weighted by atomic mass is 10.1. The van der Waals surface area contributed by atoms with Gasteiger partial charge in [-0.25, -0.2) is 13.1 Å². The van der Waals surface area contributed by atoms with Crippen LogP contribution < -0.4 is 4.72 Å². The summed E-state index contributed by atoms with van der Waals surface area (Å²) in [4.78, 5) is 7.92. The molecule has 0 atom stereocenters. The minimum Gasteiger partial charge on any atom is -0.265 e. The smallest absolute Gasteiger partial charge is 0.265 e. The predicted molar refractivity (Wildman–Crippen MR) is 92.9 cm³/mol. The van der Waals surface area contributed by atoms with Crippen LogP contribution >= 0.6 is 0 Å². The zero-order valence-corrected chi connectivity index (χ0v) is 14.6. The number of rotatable bonds is 5. The highest BCUT2D eigenvalue weighted by atomic mass is 32.2. The van der Waals surface area contributed by atoms with Crippen LogP contribution in [0.15, 0.2) is 72.0 Å². The van der Waals surface area contributed by atoms with Crippen LogP contribution in [0, 0.1) is 0 Å². The molecule has 0 fully saturated rings. The summed E-state index contributed by atoms with van der Waals surface area (Å²) in [6, 6.07) is 10.3. The fourth-order valence-corrected chi connectivity index (χ4v) is 3.37. The molecule has 0 amide bonds. The fourth-order valence-electron chi connectivity index (χ4n) is 2.35. The van der Waals surface area contributed by atoms with Crippen LogP contribution in [-0.4, -0.2) is 18.4 Å². The molecule has 0 aliphatic carbocycles. The highest BCUT2D eigenvalue weighted by molar-refractivity contribution is 7.89. The second kappa shape index (κ2) is 7.45. The lowest BCUT2D eigenvalue weighted by molar-refractivity contribution is -0.137. The summed E-state index contributed by atoms with van der Waals surface area (Å²) < 4.78 is 64.8. The van der Waals surface area contributed by atoms with E-state index in [1.54, 1.807) is 42.9 Å². The maximum Gasteiger partial charge on any atom is 0.416 e. The summed E-state index contributed by atoms with van der Waals surface area (Å²) in [6.45, 7) is -0.0239. The van der Waals surface area contributed by atoms with E-state index in [2.05, 4.69) is 14.7 Å². The van der Waals surface area contributed by atoms with Crippen molar-refractivity contribution in [1.82, 2.24) is 14.7 Å². The van der Waals surface area contributed by atoms with Gasteiger partial charge in [0.15, 0.2) is 0 Å². The number of nitrogens with one attached hydrogen (secondary N) is 1. The second-order valence-electron chi connectivity index (χ2n) is 5.63. The number of aromatic nitrogens is 2. The first-order valence-corrected chi connectivity index (χ1v) is 9.26. The van der Waals surface area contributed by atoms with E-state index in [4.69, 9.17) is 0 Å². The van der Waals surface area contributed by atoms with Crippen molar-refractivity contribution in [3.63, 3.8) is 0 Å². The molecule has 2 heterocycles. The molecule has 0 radical (unpaired) electrons.